The fourth-order valence-corrected chi connectivity index (χ4v) is 3.60. The highest BCUT2D eigenvalue weighted by atomic mass is 19.4. The first kappa shape index (κ1) is 21.6. The van der Waals surface area contributed by atoms with Crippen molar-refractivity contribution in [2.45, 2.75) is 31.2 Å². The average molecular weight is 416 g/mol. The molecule has 0 unspecified atom stereocenters. The van der Waals surface area contributed by atoms with Gasteiger partial charge in [0, 0.05) is 38.6 Å². The zero-order valence-electron chi connectivity index (χ0n) is 15.7. The summed E-state index contributed by atoms with van der Waals surface area (Å²) in [5, 5.41) is 3.20. The summed E-state index contributed by atoms with van der Waals surface area (Å²) in [6, 6.07) is 11.5. The van der Waals surface area contributed by atoms with Crippen molar-refractivity contribution in [3.8, 4) is 11.1 Å². The number of alkyl halides is 6. The molecule has 0 amide bonds. The molecular weight excluding hydrogens is 394 g/mol. The monoisotopic (exact) mass is 416 g/mol. The number of benzene rings is 2. The third-order valence-electron chi connectivity index (χ3n) is 5.13. The summed E-state index contributed by atoms with van der Waals surface area (Å²) in [6.07, 6.45) is -9.49. The molecule has 1 aliphatic heterocycles. The van der Waals surface area contributed by atoms with Gasteiger partial charge in [0.2, 0.25) is 0 Å². The molecule has 0 saturated carbocycles. The summed E-state index contributed by atoms with van der Waals surface area (Å²) in [5.41, 5.74) is 1.41. The Hall–Kier alpha value is -2.06. The fraction of sp³-hybridized carbons (Fsp3) is 0.429. The van der Waals surface area contributed by atoms with Crippen LogP contribution in [0.2, 0.25) is 0 Å². The van der Waals surface area contributed by atoms with Gasteiger partial charge in [0.05, 0.1) is 5.56 Å². The van der Waals surface area contributed by atoms with E-state index in [-0.39, 0.29) is 12.5 Å². The molecule has 0 aliphatic carbocycles. The van der Waals surface area contributed by atoms with Crippen LogP contribution in [-0.4, -0.2) is 37.3 Å². The second-order valence-electron chi connectivity index (χ2n) is 7.15. The standard InChI is InChI=1S/C21H22F6N2/c22-20(23,24)10-9-19(29-13-11-28-12-14-29)17-3-1-15(2-4-17)16-5-7-18(8-6-16)21(25,26)27/h1-8,19,28H,9-14H2/t19-/m1/s1. The SMILES string of the molecule is FC(F)(F)CC[C@H](c1ccc(-c2ccc(C(F)(F)F)cc2)cc1)N1CCNCC1. The van der Waals surface area contributed by atoms with Gasteiger partial charge in [-0.3, -0.25) is 4.90 Å². The number of hydrogen-bond donors (Lipinski definition) is 1. The maximum atomic E-state index is 12.8. The third kappa shape index (κ3) is 5.96. The van der Waals surface area contributed by atoms with Crippen LogP contribution < -0.4 is 5.32 Å². The smallest absolute Gasteiger partial charge is 0.314 e. The van der Waals surface area contributed by atoms with Crippen molar-refractivity contribution in [2.24, 2.45) is 0 Å². The molecule has 0 bridgehead atoms. The molecule has 0 spiro atoms. The van der Waals surface area contributed by atoms with E-state index in [1.165, 1.54) is 12.1 Å². The van der Waals surface area contributed by atoms with Gasteiger partial charge in [-0.2, -0.15) is 26.3 Å². The van der Waals surface area contributed by atoms with Gasteiger partial charge in [-0.05, 0) is 35.2 Å². The summed E-state index contributed by atoms with van der Waals surface area (Å²) < 4.78 is 76.5. The van der Waals surface area contributed by atoms with E-state index in [0.717, 1.165) is 36.3 Å². The fourth-order valence-electron chi connectivity index (χ4n) is 3.60. The Balaban J connectivity index is 1.79. The predicted octanol–water partition coefficient (Wildman–Crippen LogP) is 5.66. The number of hydrogen-bond acceptors (Lipinski definition) is 2. The average Bonchev–Trinajstić information content (AvgIpc) is 2.68. The van der Waals surface area contributed by atoms with Crippen molar-refractivity contribution >= 4 is 0 Å². The first-order valence-corrected chi connectivity index (χ1v) is 9.42. The molecule has 1 fully saturated rings. The van der Waals surface area contributed by atoms with E-state index in [2.05, 4.69) is 10.2 Å². The highest BCUT2D eigenvalue weighted by molar-refractivity contribution is 5.64. The van der Waals surface area contributed by atoms with E-state index < -0.39 is 24.3 Å². The summed E-state index contributed by atoms with van der Waals surface area (Å²) in [6.45, 7) is 2.80. The van der Waals surface area contributed by atoms with Crippen molar-refractivity contribution in [1.29, 1.82) is 0 Å². The van der Waals surface area contributed by atoms with Crippen LogP contribution in [0.5, 0.6) is 0 Å². The van der Waals surface area contributed by atoms with Crippen molar-refractivity contribution < 1.29 is 26.3 Å². The molecule has 29 heavy (non-hydrogen) atoms. The summed E-state index contributed by atoms with van der Waals surface area (Å²) in [7, 11) is 0. The van der Waals surface area contributed by atoms with Crippen LogP contribution in [-0.2, 0) is 6.18 Å². The Morgan fingerprint density at radius 2 is 1.31 bits per heavy atom. The van der Waals surface area contributed by atoms with Crippen LogP contribution in [0, 0.1) is 0 Å². The first-order chi connectivity index (χ1) is 13.6. The minimum atomic E-state index is -4.39. The van der Waals surface area contributed by atoms with Gasteiger partial charge in [-0.1, -0.05) is 36.4 Å². The summed E-state index contributed by atoms with van der Waals surface area (Å²) >= 11 is 0. The quantitative estimate of drug-likeness (QED) is 0.633. The van der Waals surface area contributed by atoms with Gasteiger partial charge in [0.1, 0.15) is 0 Å². The molecule has 158 valence electrons. The summed E-state index contributed by atoms with van der Waals surface area (Å²) in [4.78, 5) is 2.05. The predicted molar refractivity (Wildman–Crippen MR) is 99.4 cm³/mol. The lowest BCUT2D eigenvalue weighted by molar-refractivity contribution is -0.139. The Morgan fingerprint density at radius 1 is 0.793 bits per heavy atom. The number of nitrogens with one attached hydrogen (secondary N) is 1. The van der Waals surface area contributed by atoms with Crippen molar-refractivity contribution in [3.05, 3.63) is 59.7 Å². The van der Waals surface area contributed by atoms with Crippen LogP contribution in [0.25, 0.3) is 11.1 Å². The first-order valence-electron chi connectivity index (χ1n) is 9.42. The largest absolute Gasteiger partial charge is 0.416 e. The second-order valence-corrected chi connectivity index (χ2v) is 7.15. The molecule has 1 saturated heterocycles. The Kier molecular flexibility index (Phi) is 6.53. The zero-order valence-corrected chi connectivity index (χ0v) is 15.7. The highest BCUT2D eigenvalue weighted by Crippen LogP contribution is 2.34. The van der Waals surface area contributed by atoms with Gasteiger partial charge >= 0.3 is 12.4 Å². The summed E-state index contributed by atoms with van der Waals surface area (Å²) in [5.74, 6) is 0. The topological polar surface area (TPSA) is 15.3 Å². The lowest BCUT2D eigenvalue weighted by Crippen LogP contribution is -2.45. The maximum Gasteiger partial charge on any atom is 0.416 e. The Bertz CT molecular complexity index is 775. The zero-order chi connectivity index (χ0) is 21.1. The molecule has 0 radical (unpaired) electrons. The van der Waals surface area contributed by atoms with Crippen LogP contribution in [0.1, 0.15) is 30.0 Å². The molecule has 0 aromatic heterocycles. The molecule has 2 aromatic rings. The lowest BCUT2D eigenvalue weighted by Gasteiger charge is -2.35. The Labute approximate surface area is 165 Å². The highest BCUT2D eigenvalue weighted by Gasteiger charge is 2.32. The van der Waals surface area contributed by atoms with Crippen LogP contribution in [0.4, 0.5) is 26.3 Å². The van der Waals surface area contributed by atoms with Gasteiger partial charge < -0.3 is 5.32 Å². The molecular formula is C21H22F6N2. The van der Waals surface area contributed by atoms with E-state index in [0.29, 0.717) is 18.7 Å². The van der Waals surface area contributed by atoms with Gasteiger partial charge in [0.15, 0.2) is 0 Å². The Morgan fingerprint density at radius 3 is 1.79 bits per heavy atom. The molecule has 2 nitrogen and oxygen atoms in total. The molecule has 1 atom stereocenters. The van der Waals surface area contributed by atoms with E-state index in [4.69, 9.17) is 0 Å². The van der Waals surface area contributed by atoms with Crippen LogP contribution >= 0.6 is 0 Å². The van der Waals surface area contributed by atoms with Gasteiger partial charge in [-0.15, -0.1) is 0 Å². The van der Waals surface area contributed by atoms with E-state index in [9.17, 15) is 26.3 Å². The normalized spacial score (nSPS) is 17.3. The molecule has 1 aliphatic rings. The minimum absolute atomic E-state index is 0.0247. The molecule has 3 rings (SSSR count). The van der Waals surface area contributed by atoms with Crippen molar-refractivity contribution in [2.75, 3.05) is 26.2 Å². The molecule has 1 N–H and O–H groups in total. The van der Waals surface area contributed by atoms with E-state index in [1.54, 1.807) is 24.3 Å². The minimum Gasteiger partial charge on any atom is -0.314 e. The number of piperazine rings is 1. The molecule has 2 aromatic carbocycles. The second kappa shape index (κ2) is 8.75. The van der Waals surface area contributed by atoms with Crippen LogP contribution in [0.15, 0.2) is 48.5 Å². The number of halogens is 6. The van der Waals surface area contributed by atoms with Crippen molar-refractivity contribution in [1.82, 2.24) is 10.2 Å². The molecule has 1 heterocycles. The van der Waals surface area contributed by atoms with Crippen LogP contribution in [0.3, 0.4) is 0 Å². The van der Waals surface area contributed by atoms with E-state index in [1.807, 2.05) is 0 Å². The van der Waals surface area contributed by atoms with Crippen molar-refractivity contribution in [3.63, 3.8) is 0 Å². The number of rotatable bonds is 5. The lowest BCUT2D eigenvalue weighted by atomic mass is 9.96. The van der Waals surface area contributed by atoms with Gasteiger partial charge in [-0.25, -0.2) is 0 Å². The van der Waals surface area contributed by atoms with Gasteiger partial charge in [0.25, 0.3) is 0 Å². The molecule has 8 heteroatoms. The number of nitrogens with zero attached hydrogens (tertiary/aromatic N) is 1. The third-order valence-corrected chi connectivity index (χ3v) is 5.13. The maximum absolute atomic E-state index is 12.8. The van der Waals surface area contributed by atoms with E-state index >= 15 is 0 Å².